The van der Waals surface area contributed by atoms with E-state index in [4.69, 9.17) is 14.2 Å². The van der Waals surface area contributed by atoms with E-state index >= 15 is 0 Å². The van der Waals surface area contributed by atoms with Crippen LogP contribution in [0.2, 0.25) is 0 Å². The van der Waals surface area contributed by atoms with Gasteiger partial charge in [-0.25, -0.2) is 4.79 Å². The van der Waals surface area contributed by atoms with Crippen molar-refractivity contribution in [1.82, 2.24) is 5.32 Å². The number of carbonyl (C=O) groups is 2. The van der Waals surface area contributed by atoms with Crippen LogP contribution in [0.3, 0.4) is 0 Å². The molecule has 0 aliphatic heterocycles. The highest BCUT2D eigenvalue weighted by Crippen LogP contribution is 2.29. The van der Waals surface area contributed by atoms with E-state index in [9.17, 15) is 14.9 Å². The van der Waals surface area contributed by atoms with Gasteiger partial charge in [-0.15, -0.1) is 0 Å². The van der Waals surface area contributed by atoms with Crippen LogP contribution in [0.15, 0.2) is 54.1 Å². The number of nitrogens with zero attached hydrogens (tertiary/aromatic N) is 1. The zero-order valence-corrected chi connectivity index (χ0v) is 21.9. The zero-order chi connectivity index (χ0) is 26.9. The summed E-state index contributed by atoms with van der Waals surface area (Å²) in [6.07, 6.45) is 10.8. The lowest BCUT2D eigenvalue weighted by Gasteiger charge is -2.11. The molecule has 2 rings (SSSR count). The quantitative estimate of drug-likeness (QED) is 0.104. The molecule has 7 nitrogen and oxygen atoms in total. The predicted octanol–water partition coefficient (Wildman–Crippen LogP) is 6.10. The van der Waals surface area contributed by atoms with Gasteiger partial charge in [-0.2, -0.15) is 5.26 Å². The standard InChI is InChI=1S/C30H36N2O5/c1-4-6-8-9-19-36-27-16-12-24(21-28(27)35-3)13-17-29(33)37-26-14-10-23(11-15-26)20-25(22-31)30(34)32-18-7-5-2/h10-17,20-21H,4-9,18-19H2,1-3H3,(H,32,34)/b17-13+,25-20+. The Morgan fingerprint density at radius 2 is 1.68 bits per heavy atom. The highest BCUT2D eigenvalue weighted by Gasteiger charge is 2.09. The van der Waals surface area contributed by atoms with Crippen molar-refractivity contribution < 1.29 is 23.8 Å². The van der Waals surface area contributed by atoms with E-state index < -0.39 is 11.9 Å². The third-order valence-corrected chi connectivity index (χ3v) is 5.45. The third kappa shape index (κ3) is 10.6. The summed E-state index contributed by atoms with van der Waals surface area (Å²) in [5.74, 6) is 0.685. The van der Waals surface area contributed by atoms with Gasteiger partial charge in [0.05, 0.1) is 13.7 Å². The second-order valence-electron chi connectivity index (χ2n) is 8.42. The van der Waals surface area contributed by atoms with Gasteiger partial charge in [0.1, 0.15) is 17.4 Å². The molecule has 2 aromatic rings. The van der Waals surface area contributed by atoms with Crippen LogP contribution in [0.1, 0.15) is 63.5 Å². The fraction of sp³-hybridized carbons (Fsp3) is 0.367. The predicted molar refractivity (Wildman–Crippen MR) is 145 cm³/mol. The van der Waals surface area contributed by atoms with Crippen LogP contribution in [0.25, 0.3) is 12.2 Å². The van der Waals surface area contributed by atoms with E-state index in [0.29, 0.717) is 36.0 Å². The maximum atomic E-state index is 12.3. The van der Waals surface area contributed by atoms with Gasteiger partial charge >= 0.3 is 5.97 Å². The van der Waals surface area contributed by atoms with Gasteiger partial charge in [0.15, 0.2) is 11.5 Å². The molecule has 0 unspecified atom stereocenters. The van der Waals surface area contributed by atoms with Crippen LogP contribution in [0.4, 0.5) is 0 Å². The maximum absolute atomic E-state index is 12.3. The van der Waals surface area contributed by atoms with Crippen LogP contribution >= 0.6 is 0 Å². The Labute approximate surface area is 219 Å². The molecule has 0 aliphatic rings. The number of ether oxygens (including phenoxy) is 3. The Bertz CT molecular complexity index is 1110. The second kappa shape index (κ2) is 16.6. The van der Waals surface area contributed by atoms with Gasteiger partial charge in [0.25, 0.3) is 5.91 Å². The molecule has 37 heavy (non-hydrogen) atoms. The number of unbranched alkanes of at least 4 members (excludes halogenated alkanes) is 4. The molecule has 0 saturated carbocycles. The minimum Gasteiger partial charge on any atom is -0.493 e. The van der Waals surface area contributed by atoms with Crippen molar-refractivity contribution in [2.75, 3.05) is 20.3 Å². The summed E-state index contributed by atoms with van der Waals surface area (Å²) in [4.78, 5) is 24.4. The Balaban J connectivity index is 1.94. The van der Waals surface area contributed by atoms with Crippen LogP contribution in [-0.2, 0) is 9.59 Å². The number of amides is 1. The molecule has 0 heterocycles. The molecular formula is C30H36N2O5. The molecule has 0 spiro atoms. The number of hydrogen-bond acceptors (Lipinski definition) is 6. The Kier molecular flexibility index (Phi) is 13.1. The third-order valence-electron chi connectivity index (χ3n) is 5.45. The van der Waals surface area contributed by atoms with Crippen molar-refractivity contribution in [2.24, 2.45) is 0 Å². The number of nitriles is 1. The minimum atomic E-state index is -0.536. The smallest absolute Gasteiger partial charge is 0.336 e. The van der Waals surface area contributed by atoms with Crippen LogP contribution in [0.5, 0.6) is 17.2 Å². The number of nitrogens with one attached hydrogen (secondary N) is 1. The van der Waals surface area contributed by atoms with Crippen molar-refractivity contribution in [2.45, 2.75) is 52.4 Å². The van der Waals surface area contributed by atoms with Crippen LogP contribution in [0, 0.1) is 11.3 Å². The first-order chi connectivity index (χ1) is 18.0. The summed E-state index contributed by atoms with van der Waals surface area (Å²) in [5, 5.41) is 12.0. The molecule has 0 saturated heterocycles. The molecule has 0 aromatic heterocycles. The Morgan fingerprint density at radius 1 is 0.946 bits per heavy atom. The number of hydrogen-bond donors (Lipinski definition) is 1. The van der Waals surface area contributed by atoms with Crippen molar-refractivity contribution in [3.63, 3.8) is 0 Å². The van der Waals surface area contributed by atoms with Crippen LogP contribution in [-0.4, -0.2) is 32.1 Å². The highest BCUT2D eigenvalue weighted by atomic mass is 16.5. The molecule has 0 radical (unpaired) electrons. The molecule has 1 amide bonds. The summed E-state index contributed by atoms with van der Waals surface area (Å²) < 4.78 is 16.6. The average Bonchev–Trinajstić information content (AvgIpc) is 2.91. The molecule has 196 valence electrons. The number of methoxy groups -OCH3 is 1. The summed E-state index contributed by atoms with van der Waals surface area (Å²) >= 11 is 0. The molecule has 2 aromatic carbocycles. The number of rotatable bonds is 15. The van der Waals surface area contributed by atoms with Gasteiger partial charge in [0.2, 0.25) is 0 Å². The normalized spacial score (nSPS) is 11.1. The minimum absolute atomic E-state index is 0.0205. The van der Waals surface area contributed by atoms with Crippen molar-refractivity contribution in [3.05, 3.63) is 65.2 Å². The van der Waals surface area contributed by atoms with Gasteiger partial charge in [0, 0.05) is 12.6 Å². The van der Waals surface area contributed by atoms with Crippen molar-refractivity contribution in [1.29, 1.82) is 5.26 Å². The molecule has 0 aliphatic carbocycles. The van der Waals surface area contributed by atoms with Crippen molar-refractivity contribution >= 4 is 24.0 Å². The van der Waals surface area contributed by atoms with Gasteiger partial charge < -0.3 is 19.5 Å². The SMILES string of the molecule is CCCCCCOc1ccc(/C=C/C(=O)Oc2ccc(/C=C(\C#N)C(=O)NCCCC)cc2)cc1OC. The Morgan fingerprint density at radius 3 is 2.35 bits per heavy atom. The van der Waals surface area contributed by atoms with Crippen LogP contribution < -0.4 is 19.5 Å². The van der Waals surface area contributed by atoms with E-state index in [1.165, 1.54) is 25.0 Å². The highest BCUT2D eigenvalue weighted by molar-refractivity contribution is 6.01. The summed E-state index contributed by atoms with van der Waals surface area (Å²) in [7, 11) is 1.58. The molecule has 0 bridgehead atoms. The van der Waals surface area contributed by atoms with Crippen molar-refractivity contribution in [3.8, 4) is 23.3 Å². The van der Waals surface area contributed by atoms with E-state index in [-0.39, 0.29) is 5.57 Å². The summed E-state index contributed by atoms with van der Waals surface area (Å²) in [6, 6.07) is 14.0. The summed E-state index contributed by atoms with van der Waals surface area (Å²) in [6.45, 7) is 5.36. The molecule has 0 atom stereocenters. The largest absolute Gasteiger partial charge is 0.493 e. The fourth-order valence-corrected chi connectivity index (χ4v) is 3.35. The molecule has 7 heteroatoms. The molecule has 0 fully saturated rings. The number of esters is 1. The van der Waals surface area contributed by atoms with E-state index in [0.717, 1.165) is 31.2 Å². The lowest BCUT2D eigenvalue weighted by atomic mass is 10.1. The Hall–Kier alpha value is -4.05. The van der Waals surface area contributed by atoms with Gasteiger partial charge in [-0.05, 0) is 60.4 Å². The first-order valence-corrected chi connectivity index (χ1v) is 12.7. The van der Waals surface area contributed by atoms with E-state index in [1.54, 1.807) is 43.5 Å². The number of benzene rings is 2. The van der Waals surface area contributed by atoms with E-state index in [2.05, 4.69) is 12.2 Å². The topological polar surface area (TPSA) is 97.7 Å². The summed E-state index contributed by atoms with van der Waals surface area (Å²) in [5.41, 5.74) is 1.44. The lowest BCUT2D eigenvalue weighted by molar-refractivity contribution is -0.128. The second-order valence-corrected chi connectivity index (χ2v) is 8.42. The zero-order valence-electron chi connectivity index (χ0n) is 21.9. The van der Waals surface area contributed by atoms with E-state index in [1.807, 2.05) is 25.1 Å². The fourth-order valence-electron chi connectivity index (χ4n) is 3.35. The first kappa shape index (κ1) is 29.2. The number of carbonyl (C=O) groups excluding carboxylic acids is 2. The average molecular weight is 505 g/mol. The first-order valence-electron chi connectivity index (χ1n) is 12.7. The monoisotopic (exact) mass is 504 g/mol. The maximum Gasteiger partial charge on any atom is 0.336 e. The lowest BCUT2D eigenvalue weighted by Crippen LogP contribution is -2.25. The van der Waals surface area contributed by atoms with Gasteiger partial charge in [-0.3, -0.25) is 4.79 Å². The molecular weight excluding hydrogens is 468 g/mol. The molecule has 1 N–H and O–H groups in total. The van der Waals surface area contributed by atoms with Gasteiger partial charge in [-0.1, -0.05) is 57.7 Å².